The highest BCUT2D eigenvalue weighted by Gasteiger charge is 2.14. The van der Waals surface area contributed by atoms with Crippen molar-refractivity contribution in [3.8, 4) is 5.75 Å². The molecule has 1 aromatic rings. The number of hydrogen-bond acceptors (Lipinski definition) is 4. The molecule has 0 saturated heterocycles. The van der Waals surface area contributed by atoms with Crippen LogP contribution in [-0.2, 0) is 10.2 Å². The second-order valence-electron chi connectivity index (χ2n) is 4.38. The molecule has 4 N–H and O–H groups in total. The molecular formula is C11H16N2O5S. The van der Waals surface area contributed by atoms with Crippen molar-refractivity contribution >= 4 is 21.9 Å². The van der Waals surface area contributed by atoms with Gasteiger partial charge in [-0.1, -0.05) is 13.8 Å². The van der Waals surface area contributed by atoms with Crippen molar-refractivity contribution in [3.05, 3.63) is 23.8 Å². The third-order valence-electron chi connectivity index (χ3n) is 2.17. The average molecular weight is 288 g/mol. The van der Waals surface area contributed by atoms with Crippen LogP contribution in [0.3, 0.4) is 0 Å². The molecule has 8 heteroatoms. The largest absolute Gasteiger partial charge is 0.506 e. The lowest BCUT2D eigenvalue weighted by Gasteiger charge is -2.12. The Morgan fingerprint density at radius 2 is 2.00 bits per heavy atom. The van der Waals surface area contributed by atoms with E-state index in [1.165, 1.54) is 12.1 Å². The first-order chi connectivity index (χ1) is 8.71. The van der Waals surface area contributed by atoms with Gasteiger partial charge in [-0.3, -0.25) is 4.72 Å². The number of nitrogens with one attached hydrogen (secondary N) is 2. The van der Waals surface area contributed by atoms with Crippen LogP contribution < -0.4 is 9.44 Å². The van der Waals surface area contributed by atoms with Crippen LogP contribution in [0.25, 0.3) is 0 Å². The molecule has 0 amide bonds. The predicted molar refractivity (Wildman–Crippen MR) is 70.4 cm³/mol. The molecule has 0 heterocycles. The molecule has 0 aliphatic carbocycles. The molecule has 0 aromatic heterocycles. The highest BCUT2D eigenvalue weighted by molar-refractivity contribution is 7.90. The van der Waals surface area contributed by atoms with Crippen LogP contribution >= 0.6 is 0 Å². The van der Waals surface area contributed by atoms with Crippen LogP contribution in [0.2, 0.25) is 0 Å². The molecule has 19 heavy (non-hydrogen) atoms. The Morgan fingerprint density at radius 3 is 2.47 bits per heavy atom. The van der Waals surface area contributed by atoms with E-state index in [4.69, 9.17) is 5.11 Å². The maximum absolute atomic E-state index is 11.6. The molecule has 0 aliphatic rings. The quantitative estimate of drug-likeness (QED) is 0.583. The predicted octanol–water partition coefficient (Wildman–Crippen LogP) is 0.993. The monoisotopic (exact) mass is 288 g/mol. The summed E-state index contributed by atoms with van der Waals surface area (Å²) in [6.45, 7) is 3.95. The number of carboxylic acid groups (broad SMARTS) is 1. The van der Waals surface area contributed by atoms with E-state index in [2.05, 4.69) is 9.44 Å². The Kier molecular flexibility index (Phi) is 4.73. The Hall–Kier alpha value is -1.80. The minimum atomic E-state index is -3.79. The number of anilines is 1. The van der Waals surface area contributed by atoms with Crippen LogP contribution in [0.1, 0.15) is 24.2 Å². The van der Waals surface area contributed by atoms with Gasteiger partial charge in [0.1, 0.15) is 5.75 Å². The van der Waals surface area contributed by atoms with Crippen LogP contribution in [0.4, 0.5) is 5.69 Å². The van der Waals surface area contributed by atoms with Crippen molar-refractivity contribution in [2.24, 2.45) is 5.92 Å². The number of rotatable bonds is 6. The summed E-state index contributed by atoms with van der Waals surface area (Å²) in [6.07, 6.45) is 0. The van der Waals surface area contributed by atoms with Crippen molar-refractivity contribution in [3.63, 3.8) is 0 Å². The van der Waals surface area contributed by atoms with E-state index in [0.29, 0.717) is 0 Å². The molecule has 0 spiro atoms. The van der Waals surface area contributed by atoms with Crippen molar-refractivity contribution in [2.75, 3.05) is 11.3 Å². The zero-order chi connectivity index (χ0) is 14.6. The molecule has 1 rings (SSSR count). The third kappa shape index (κ3) is 4.76. The van der Waals surface area contributed by atoms with Gasteiger partial charge in [-0.25, -0.2) is 4.79 Å². The van der Waals surface area contributed by atoms with Crippen molar-refractivity contribution in [1.29, 1.82) is 0 Å². The van der Waals surface area contributed by atoms with E-state index in [1.807, 2.05) is 13.8 Å². The second kappa shape index (κ2) is 5.89. The van der Waals surface area contributed by atoms with Gasteiger partial charge in [0.05, 0.1) is 11.3 Å². The molecule has 0 saturated carbocycles. The summed E-state index contributed by atoms with van der Waals surface area (Å²) in [7, 11) is -3.79. The molecule has 0 bridgehead atoms. The molecule has 0 unspecified atom stereocenters. The topological polar surface area (TPSA) is 116 Å². The van der Waals surface area contributed by atoms with E-state index >= 15 is 0 Å². The fourth-order valence-corrected chi connectivity index (χ4v) is 2.30. The van der Waals surface area contributed by atoms with Crippen LogP contribution in [0.5, 0.6) is 5.75 Å². The molecule has 0 aliphatic heterocycles. The van der Waals surface area contributed by atoms with Crippen molar-refractivity contribution < 1.29 is 23.4 Å². The van der Waals surface area contributed by atoms with E-state index in [0.717, 1.165) is 6.07 Å². The first-order valence-electron chi connectivity index (χ1n) is 5.55. The van der Waals surface area contributed by atoms with Crippen LogP contribution in [0, 0.1) is 5.92 Å². The number of aromatic carboxylic acids is 1. The highest BCUT2D eigenvalue weighted by Crippen LogP contribution is 2.24. The summed E-state index contributed by atoms with van der Waals surface area (Å²) >= 11 is 0. The van der Waals surface area contributed by atoms with E-state index in [-0.39, 0.29) is 23.7 Å². The first-order valence-corrected chi connectivity index (χ1v) is 7.03. The maximum Gasteiger partial charge on any atom is 0.335 e. The summed E-state index contributed by atoms with van der Waals surface area (Å²) in [5.74, 6) is -1.52. The number of carboxylic acids is 1. The standard InChI is InChI=1S/C11H16N2O5S/c1-7(2)6-12-19(17,18)13-9-4-3-8(11(15)16)5-10(9)14/h3-5,7,12-14H,6H2,1-2H3,(H,15,16). The molecule has 0 radical (unpaired) electrons. The molecular weight excluding hydrogens is 272 g/mol. The summed E-state index contributed by atoms with van der Waals surface area (Å²) in [5.41, 5.74) is -0.211. The van der Waals surface area contributed by atoms with Crippen molar-refractivity contribution in [2.45, 2.75) is 13.8 Å². The van der Waals surface area contributed by atoms with Gasteiger partial charge in [-0.2, -0.15) is 13.1 Å². The zero-order valence-corrected chi connectivity index (χ0v) is 11.4. The number of phenols is 1. The fourth-order valence-electron chi connectivity index (χ4n) is 1.21. The Balaban J connectivity index is 2.85. The lowest BCUT2D eigenvalue weighted by atomic mass is 10.2. The molecule has 0 atom stereocenters. The summed E-state index contributed by atoms with van der Waals surface area (Å²) in [5, 5.41) is 18.3. The fraction of sp³-hybridized carbons (Fsp3) is 0.364. The number of carbonyl (C=O) groups is 1. The first kappa shape index (κ1) is 15.3. The molecule has 7 nitrogen and oxygen atoms in total. The van der Waals surface area contributed by atoms with Crippen LogP contribution in [-0.4, -0.2) is 31.1 Å². The zero-order valence-electron chi connectivity index (χ0n) is 10.5. The van der Waals surface area contributed by atoms with Gasteiger partial charge in [-0.15, -0.1) is 0 Å². The normalized spacial score (nSPS) is 11.5. The number of phenolic OH excluding ortho intramolecular Hbond substituents is 1. The van der Waals surface area contributed by atoms with Gasteiger partial charge in [0, 0.05) is 6.54 Å². The summed E-state index contributed by atoms with van der Waals surface area (Å²) in [4.78, 5) is 10.7. The highest BCUT2D eigenvalue weighted by atomic mass is 32.2. The SMILES string of the molecule is CC(C)CNS(=O)(=O)Nc1ccc(C(=O)O)cc1O. The smallest absolute Gasteiger partial charge is 0.335 e. The van der Waals surface area contributed by atoms with Crippen molar-refractivity contribution in [1.82, 2.24) is 4.72 Å². The Labute approximate surface area is 111 Å². The minimum absolute atomic E-state index is 0.0822. The summed E-state index contributed by atoms with van der Waals surface area (Å²) in [6, 6.07) is 3.36. The Morgan fingerprint density at radius 1 is 1.37 bits per heavy atom. The van der Waals surface area contributed by atoms with E-state index < -0.39 is 21.9 Å². The maximum atomic E-state index is 11.6. The number of aromatic hydroxyl groups is 1. The second-order valence-corrected chi connectivity index (χ2v) is 5.88. The van der Waals surface area contributed by atoms with Gasteiger partial charge in [0.2, 0.25) is 0 Å². The van der Waals surface area contributed by atoms with Gasteiger partial charge < -0.3 is 10.2 Å². The van der Waals surface area contributed by atoms with E-state index in [9.17, 15) is 18.3 Å². The van der Waals surface area contributed by atoms with Gasteiger partial charge in [-0.05, 0) is 24.1 Å². The average Bonchev–Trinajstić information content (AvgIpc) is 2.29. The Bertz CT molecular complexity index is 568. The van der Waals surface area contributed by atoms with Crippen LogP contribution in [0.15, 0.2) is 18.2 Å². The molecule has 106 valence electrons. The summed E-state index contributed by atoms with van der Waals surface area (Å²) < 4.78 is 27.7. The van der Waals surface area contributed by atoms with Gasteiger partial charge >= 0.3 is 5.97 Å². The van der Waals surface area contributed by atoms with Gasteiger partial charge in [0.15, 0.2) is 0 Å². The van der Waals surface area contributed by atoms with Gasteiger partial charge in [0.25, 0.3) is 10.2 Å². The minimum Gasteiger partial charge on any atom is -0.506 e. The van der Waals surface area contributed by atoms with E-state index in [1.54, 1.807) is 0 Å². The third-order valence-corrected chi connectivity index (χ3v) is 3.21. The molecule has 0 fully saturated rings. The lowest BCUT2D eigenvalue weighted by Crippen LogP contribution is -2.32. The lowest BCUT2D eigenvalue weighted by molar-refractivity contribution is 0.0696. The number of hydrogen-bond donors (Lipinski definition) is 4. The molecule has 1 aromatic carbocycles. The number of benzene rings is 1.